The summed E-state index contributed by atoms with van der Waals surface area (Å²) in [4.78, 5) is 24.2. The maximum atomic E-state index is 12.1. The number of carbonyl (C=O) groups is 2. The molecule has 0 bridgehead atoms. The van der Waals surface area contributed by atoms with Gasteiger partial charge in [-0.2, -0.15) is 0 Å². The number of rotatable bonds is 5. The lowest BCUT2D eigenvalue weighted by Gasteiger charge is -2.25. The molecule has 0 aromatic heterocycles. The van der Waals surface area contributed by atoms with Crippen LogP contribution >= 0.6 is 11.6 Å². The highest BCUT2D eigenvalue weighted by Crippen LogP contribution is 2.32. The first-order valence-electron chi connectivity index (χ1n) is 6.42. The van der Waals surface area contributed by atoms with Crippen LogP contribution in [0.4, 0.5) is 0 Å². The standard InChI is InChI=1S/C14H16ClNO4/c15-11-4-1-3-10(7-11)12-5-2-6-16(12)13(17)8-20-9-14(18)19/h1,3-4,7,12H,2,5-6,8-9H2,(H,18,19). The van der Waals surface area contributed by atoms with E-state index in [2.05, 4.69) is 0 Å². The molecule has 5 nitrogen and oxygen atoms in total. The molecule has 2 rings (SSSR count). The molecule has 1 aliphatic rings. The number of nitrogens with zero attached hydrogens (tertiary/aromatic N) is 1. The van der Waals surface area contributed by atoms with E-state index in [9.17, 15) is 9.59 Å². The molecule has 1 fully saturated rings. The lowest BCUT2D eigenvalue weighted by molar-refractivity contribution is -0.146. The van der Waals surface area contributed by atoms with Crippen molar-refractivity contribution in [3.8, 4) is 0 Å². The van der Waals surface area contributed by atoms with E-state index in [0.717, 1.165) is 18.4 Å². The molecular weight excluding hydrogens is 282 g/mol. The molecule has 0 spiro atoms. The Hall–Kier alpha value is -1.59. The van der Waals surface area contributed by atoms with Crippen LogP contribution in [0.5, 0.6) is 0 Å². The van der Waals surface area contributed by atoms with Gasteiger partial charge in [0.05, 0.1) is 6.04 Å². The predicted molar refractivity (Wildman–Crippen MR) is 73.6 cm³/mol. The summed E-state index contributed by atoms with van der Waals surface area (Å²) in [6, 6.07) is 7.45. The lowest BCUT2D eigenvalue weighted by Crippen LogP contribution is -2.34. The maximum absolute atomic E-state index is 12.1. The van der Waals surface area contributed by atoms with Crippen LogP contribution in [0.15, 0.2) is 24.3 Å². The van der Waals surface area contributed by atoms with E-state index in [1.807, 2.05) is 18.2 Å². The van der Waals surface area contributed by atoms with Crippen LogP contribution in [0.1, 0.15) is 24.4 Å². The third kappa shape index (κ3) is 3.71. The first kappa shape index (κ1) is 14.8. The fourth-order valence-corrected chi connectivity index (χ4v) is 2.63. The fraction of sp³-hybridized carbons (Fsp3) is 0.429. The van der Waals surface area contributed by atoms with Gasteiger partial charge >= 0.3 is 5.97 Å². The molecule has 1 heterocycles. The smallest absolute Gasteiger partial charge is 0.329 e. The number of likely N-dealkylation sites (tertiary alicyclic amines) is 1. The van der Waals surface area contributed by atoms with Gasteiger partial charge in [-0.3, -0.25) is 4.79 Å². The van der Waals surface area contributed by atoms with E-state index in [1.54, 1.807) is 11.0 Å². The normalized spacial score (nSPS) is 18.2. The molecule has 20 heavy (non-hydrogen) atoms. The van der Waals surface area contributed by atoms with E-state index in [0.29, 0.717) is 11.6 Å². The zero-order valence-corrected chi connectivity index (χ0v) is 11.7. The Bertz CT molecular complexity index is 506. The second-order valence-corrected chi connectivity index (χ2v) is 5.12. The maximum Gasteiger partial charge on any atom is 0.329 e. The molecular formula is C14H16ClNO4. The summed E-state index contributed by atoms with van der Waals surface area (Å²) in [6.45, 7) is -0.00276. The topological polar surface area (TPSA) is 66.8 Å². The van der Waals surface area contributed by atoms with Crippen molar-refractivity contribution in [1.82, 2.24) is 4.90 Å². The minimum absolute atomic E-state index is 0.00497. The van der Waals surface area contributed by atoms with Gasteiger partial charge in [0.1, 0.15) is 13.2 Å². The Morgan fingerprint density at radius 1 is 1.40 bits per heavy atom. The van der Waals surface area contributed by atoms with Crippen LogP contribution < -0.4 is 0 Å². The van der Waals surface area contributed by atoms with Gasteiger partial charge in [-0.15, -0.1) is 0 Å². The number of carbonyl (C=O) groups excluding carboxylic acids is 1. The zero-order valence-electron chi connectivity index (χ0n) is 10.9. The van der Waals surface area contributed by atoms with Crippen molar-refractivity contribution >= 4 is 23.5 Å². The van der Waals surface area contributed by atoms with Crippen LogP contribution in [-0.4, -0.2) is 41.6 Å². The first-order valence-corrected chi connectivity index (χ1v) is 6.80. The van der Waals surface area contributed by atoms with Crippen molar-refractivity contribution in [3.63, 3.8) is 0 Å². The number of amides is 1. The quantitative estimate of drug-likeness (QED) is 0.904. The minimum atomic E-state index is -1.08. The summed E-state index contributed by atoms with van der Waals surface area (Å²) in [7, 11) is 0. The van der Waals surface area contributed by atoms with Gasteiger partial charge in [0.15, 0.2) is 0 Å². The largest absolute Gasteiger partial charge is 0.480 e. The van der Waals surface area contributed by atoms with Crippen LogP contribution in [0, 0.1) is 0 Å². The summed E-state index contributed by atoms with van der Waals surface area (Å²) in [5.41, 5.74) is 1.00. The summed E-state index contributed by atoms with van der Waals surface area (Å²) >= 11 is 5.98. The molecule has 1 saturated heterocycles. The van der Waals surface area contributed by atoms with Gasteiger partial charge in [-0.1, -0.05) is 23.7 Å². The van der Waals surface area contributed by atoms with Gasteiger partial charge in [0.2, 0.25) is 5.91 Å². The van der Waals surface area contributed by atoms with Gasteiger partial charge in [-0.05, 0) is 30.5 Å². The molecule has 0 saturated carbocycles. The first-order chi connectivity index (χ1) is 9.58. The lowest BCUT2D eigenvalue weighted by atomic mass is 10.0. The number of hydrogen-bond donors (Lipinski definition) is 1. The van der Waals surface area contributed by atoms with E-state index >= 15 is 0 Å². The molecule has 1 aromatic carbocycles. The number of carboxylic acid groups (broad SMARTS) is 1. The van der Waals surface area contributed by atoms with Crippen molar-refractivity contribution in [2.45, 2.75) is 18.9 Å². The molecule has 1 aliphatic heterocycles. The van der Waals surface area contributed by atoms with Crippen LogP contribution in [0.2, 0.25) is 5.02 Å². The van der Waals surface area contributed by atoms with E-state index in [4.69, 9.17) is 21.4 Å². The summed E-state index contributed by atoms with van der Waals surface area (Å²) in [5.74, 6) is -1.26. The Morgan fingerprint density at radius 2 is 2.20 bits per heavy atom. The SMILES string of the molecule is O=C(O)COCC(=O)N1CCCC1c1cccc(Cl)c1. The van der Waals surface area contributed by atoms with E-state index in [-0.39, 0.29) is 18.6 Å². The molecule has 1 N–H and O–H groups in total. The highest BCUT2D eigenvalue weighted by atomic mass is 35.5. The number of halogens is 1. The van der Waals surface area contributed by atoms with Crippen molar-refractivity contribution < 1.29 is 19.4 Å². The molecule has 1 amide bonds. The number of aliphatic carboxylic acids is 1. The van der Waals surface area contributed by atoms with Crippen molar-refractivity contribution in [2.24, 2.45) is 0 Å². The molecule has 0 aliphatic carbocycles. The van der Waals surface area contributed by atoms with E-state index in [1.165, 1.54) is 0 Å². The zero-order chi connectivity index (χ0) is 14.5. The van der Waals surface area contributed by atoms with Crippen LogP contribution in [-0.2, 0) is 14.3 Å². The third-order valence-electron chi connectivity index (χ3n) is 3.26. The van der Waals surface area contributed by atoms with E-state index < -0.39 is 12.6 Å². The fourth-order valence-electron chi connectivity index (χ4n) is 2.43. The van der Waals surface area contributed by atoms with Crippen molar-refractivity contribution in [1.29, 1.82) is 0 Å². The third-order valence-corrected chi connectivity index (χ3v) is 3.49. The van der Waals surface area contributed by atoms with Crippen molar-refractivity contribution in [2.75, 3.05) is 19.8 Å². The molecule has 1 aromatic rings. The average molecular weight is 298 g/mol. The second kappa shape index (κ2) is 6.72. The molecule has 1 atom stereocenters. The molecule has 108 valence electrons. The molecule has 0 radical (unpaired) electrons. The molecule has 1 unspecified atom stereocenters. The Kier molecular flexibility index (Phi) is 4.98. The van der Waals surface area contributed by atoms with Crippen LogP contribution in [0.25, 0.3) is 0 Å². The Labute approximate surface area is 122 Å². The Morgan fingerprint density at radius 3 is 2.90 bits per heavy atom. The summed E-state index contributed by atoms with van der Waals surface area (Å²) in [5, 5.41) is 9.13. The predicted octanol–water partition coefficient (Wildman–Crippen LogP) is 2.10. The van der Waals surface area contributed by atoms with Gasteiger partial charge in [0, 0.05) is 11.6 Å². The van der Waals surface area contributed by atoms with Gasteiger partial charge in [0.25, 0.3) is 0 Å². The summed E-state index contributed by atoms with van der Waals surface area (Å²) < 4.78 is 4.86. The van der Waals surface area contributed by atoms with Crippen LogP contribution in [0.3, 0.4) is 0 Å². The van der Waals surface area contributed by atoms with Gasteiger partial charge in [-0.25, -0.2) is 4.79 Å². The average Bonchev–Trinajstić information content (AvgIpc) is 2.87. The summed E-state index contributed by atoms with van der Waals surface area (Å²) in [6.07, 6.45) is 1.80. The monoisotopic (exact) mass is 297 g/mol. The Balaban J connectivity index is 2.00. The number of hydrogen-bond acceptors (Lipinski definition) is 3. The minimum Gasteiger partial charge on any atom is -0.480 e. The highest BCUT2D eigenvalue weighted by molar-refractivity contribution is 6.30. The molecule has 6 heteroatoms. The number of ether oxygens (including phenoxy) is 1. The second-order valence-electron chi connectivity index (χ2n) is 4.69. The van der Waals surface area contributed by atoms with Crippen molar-refractivity contribution in [3.05, 3.63) is 34.9 Å². The van der Waals surface area contributed by atoms with Gasteiger partial charge < -0.3 is 14.7 Å². The number of carboxylic acids is 1. The highest BCUT2D eigenvalue weighted by Gasteiger charge is 2.29. The number of benzene rings is 1.